The van der Waals surface area contributed by atoms with Gasteiger partial charge in [-0.1, -0.05) is 26.2 Å². The van der Waals surface area contributed by atoms with E-state index in [1.807, 2.05) is 0 Å². The molecule has 0 radical (unpaired) electrons. The third-order valence-electron chi connectivity index (χ3n) is 3.91. The Kier molecular flexibility index (Phi) is 6.09. The van der Waals surface area contributed by atoms with Crippen LogP contribution in [-0.2, 0) is 9.53 Å². The molecule has 0 aromatic rings. The number of methoxy groups -OCH3 is 1. The van der Waals surface area contributed by atoms with Crippen LogP contribution >= 0.6 is 0 Å². The summed E-state index contributed by atoms with van der Waals surface area (Å²) in [7, 11) is 3.31. The summed E-state index contributed by atoms with van der Waals surface area (Å²) in [4.78, 5) is 13.8. The Morgan fingerprint density at radius 3 is 2.56 bits per heavy atom. The van der Waals surface area contributed by atoms with Crippen molar-refractivity contribution in [2.24, 2.45) is 5.41 Å². The number of ether oxygens (including phenoxy) is 1. The second-order valence-corrected chi connectivity index (χ2v) is 5.93. The molecule has 1 rings (SSSR count). The van der Waals surface area contributed by atoms with Gasteiger partial charge in [-0.05, 0) is 18.3 Å². The number of aliphatic hydroxyl groups excluding tert-OH is 1. The van der Waals surface area contributed by atoms with Gasteiger partial charge in [0.25, 0.3) is 0 Å². The Bertz CT molecular complexity index is 262. The first-order chi connectivity index (χ1) is 8.47. The van der Waals surface area contributed by atoms with Gasteiger partial charge in [-0.25, -0.2) is 0 Å². The third-order valence-corrected chi connectivity index (χ3v) is 3.91. The van der Waals surface area contributed by atoms with Crippen LogP contribution in [0.5, 0.6) is 0 Å². The largest absolute Gasteiger partial charge is 0.389 e. The molecule has 0 bridgehead atoms. The molecule has 1 amide bonds. The lowest BCUT2D eigenvalue weighted by molar-refractivity contribution is -0.134. The predicted molar refractivity (Wildman–Crippen MR) is 71.3 cm³/mol. The maximum atomic E-state index is 12.1. The highest BCUT2D eigenvalue weighted by Gasteiger charge is 2.30. The highest BCUT2D eigenvalue weighted by Crippen LogP contribution is 2.38. The maximum absolute atomic E-state index is 12.1. The van der Waals surface area contributed by atoms with Gasteiger partial charge < -0.3 is 14.7 Å². The van der Waals surface area contributed by atoms with Crippen molar-refractivity contribution in [3.8, 4) is 0 Å². The average molecular weight is 257 g/mol. The first kappa shape index (κ1) is 15.4. The molecule has 0 saturated heterocycles. The lowest BCUT2D eigenvalue weighted by Gasteiger charge is -2.34. The summed E-state index contributed by atoms with van der Waals surface area (Å²) in [6.45, 7) is 2.83. The smallest absolute Gasteiger partial charge is 0.222 e. The monoisotopic (exact) mass is 257 g/mol. The number of rotatable bonds is 6. The van der Waals surface area contributed by atoms with Crippen LogP contribution in [0.1, 0.15) is 45.4 Å². The van der Waals surface area contributed by atoms with E-state index in [9.17, 15) is 9.90 Å². The minimum absolute atomic E-state index is 0.134. The van der Waals surface area contributed by atoms with Crippen molar-refractivity contribution in [1.82, 2.24) is 4.90 Å². The summed E-state index contributed by atoms with van der Waals surface area (Å²) in [5.74, 6) is 0.134. The van der Waals surface area contributed by atoms with Crippen LogP contribution in [0, 0.1) is 5.41 Å². The number of amides is 1. The molecule has 106 valence electrons. The molecule has 1 aliphatic carbocycles. The fraction of sp³-hybridized carbons (Fsp3) is 0.929. The van der Waals surface area contributed by atoms with Crippen molar-refractivity contribution in [1.29, 1.82) is 0 Å². The number of likely N-dealkylation sites (N-methyl/N-ethyl adjacent to an activating group) is 1. The summed E-state index contributed by atoms with van der Waals surface area (Å²) in [5, 5.41) is 9.62. The number of carbonyl (C=O) groups excluding carboxylic acids is 1. The number of carbonyl (C=O) groups is 1. The van der Waals surface area contributed by atoms with Gasteiger partial charge in [-0.15, -0.1) is 0 Å². The summed E-state index contributed by atoms with van der Waals surface area (Å²) >= 11 is 0. The zero-order chi connectivity index (χ0) is 13.6. The Labute approximate surface area is 110 Å². The fourth-order valence-electron chi connectivity index (χ4n) is 2.75. The Hall–Kier alpha value is -0.610. The van der Waals surface area contributed by atoms with Crippen LogP contribution < -0.4 is 0 Å². The highest BCUT2D eigenvalue weighted by molar-refractivity contribution is 5.76. The van der Waals surface area contributed by atoms with Gasteiger partial charge >= 0.3 is 0 Å². The van der Waals surface area contributed by atoms with Gasteiger partial charge in [-0.3, -0.25) is 4.79 Å². The highest BCUT2D eigenvalue weighted by atomic mass is 16.5. The third kappa shape index (κ3) is 4.94. The SMILES string of the molecule is COC[C@H](O)CN(C)C(=O)CC1(C)CCCCC1. The molecule has 0 aromatic heterocycles. The molecule has 0 unspecified atom stereocenters. The van der Waals surface area contributed by atoms with E-state index in [1.54, 1.807) is 19.1 Å². The lowest BCUT2D eigenvalue weighted by atomic mass is 9.73. The van der Waals surface area contributed by atoms with Crippen LogP contribution in [0.15, 0.2) is 0 Å². The van der Waals surface area contributed by atoms with Gasteiger partial charge in [0.1, 0.15) is 0 Å². The predicted octanol–water partition coefficient (Wildman–Crippen LogP) is 1.81. The van der Waals surface area contributed by atoms with Crippen molar-refractivity contribution >= 4 is 5.91 Å². The summed E-state index contributed by atoms with van der Waals surface area (Å²) in [6, 6.07) is 0. The zero-order valence-electron chi connectivity index (χ0n) is 11.9. The van der Waals surface area contributed by atoms with Gasteiger partial charge in [0, 0.05) is 27.1 Å². The molecule has 1 aliphatic rings. The summed E-state index contributed by atoms with van der Waals surface area (Å²) in [6.07, 6.45) is 6.07. The van der Waals surface area contributed by atoms with E-state index < -0.39 is 6.10 Å². The molecular weight excluding hydrogens is 230 g/mol. The average Bonchev–Trinajstić information content (AvgIpc) is 2.29. The second kappa shape index (κ2) is 7.10. The minimum Gasteiger partial charge on any atom is -0.389 e. The van der Waals surface area contributed by atoms with Crippen LogP contribution in [0.3, 0.4) is 0 Å². The standard InChI is InChI=1S/C14H27NO3/c1-14(7-5-4-6-8-14)9-13(17)15(2)10-12(16)11-18-3/h12,16H,4-11H2,1-3H3/t12-/m1/s1. The number of hydrogen-bond donors (Lipinski definition) is 1. The molecule has 0 aromatic carbocycles. The zero-order valence-corrected chi connectivity index (χ0v) is 11.9. The van der Waals surface area contributed by atoms with E-state index in [0.29, 0.717) is 13.0 Å². The minimum atomic E-state index is -0.594. The summed E-state index contributed by atoms with van der Waals surface area (Å²) < 4.78 is 4.87. The molecule has 0 heterocycles. The number of aliphatic hydroxyl groups is 1. The number of hydrogen-bond acceptors (Lipinski definition) is 3. The molecule has 0 aliphatic heterocycles. The van der Waals surface area contributed by atoms with E-state index in [0.717, 1.165) is 12.8 Å². The van der Waals surface area contributed by atoms with Crippen molar-refractivity contribution in [2.75, 3.05) is 27.3 Å². The normalized spacial score (nSPS) is 20.4. The first-order valence-corrected chi connectivity index (χ1v) is 6.88. The Morgan fingerprint density at radius 1 is 1.39 bits per heavy atom. The quantitative estimate of drug-likeness (QED) is 0.789. The second-order valence-electron chi connectivity index (χ2n) is 5.93. The molecule has 1 saturated carbocycles. The molecule has 1 N–H and O–H groups in total. The van der Waals surface area contributed by atoms with Gasteiger partial charge in [0.15, 0.2) is 0 Å². The van der Waals surface area contributed by atoms with Crippen LogP contribution in [0.25, 0.3) is 0 Å². The maximum Gasteiger partial charge on any atom is 0.222 e. The van der Waals surface area contributed by atoms with Crippen molar-refractivity contribution in [3.05, 3.63) is 0 Å². The summed E-state index contributed by atoms with van der Waals surface area (Å²) in [5.41, 5.74) is 0.163. The van der Waals surface area contributed by atoms with E-state index in [2.05, 4.69) is 6.92 Å². The van der Waals surface area contributed by atoms with E-state index >= 15 is 0 Å². The van der Waals surface area contributed by atoms with E-state index in [4.69, 9.17) is 4.74 Å². The Balaban J connectivity index is 2.38. The van der Waals surface area contributed by atoms with Crippen LogP contribution in [0.4, 0.5) is 0 Å². The lowest BCUT2D eigenvalue weighted by Crippen LogP contribution is -2.38. The molecule has 1 fully saturated rings. The molecule has 4 heteroatoms. The van der Waals surface area contributed by atoms with E-state index in [1.165, 1.54) is 19.3 Å². The molecule has 0 spiro atoms. The molecular formula is C14H27NO3. The molecule has 1 atom stereocenters. The van der Waals surface area contributed by atoms with Crippen molar-refractivity contribution < 1.29 is 14.6 Å². The Morgan fingerprint density at radius 2 is 2.00 bits per heavy atom. The van der Waals surface area contributed by atoms with Gasteiger partial charge in [-0.2, -0.15) is 0 Å². The van der Waals surface area contributed by atoms with Crippen LogP contribution in [-0.4, -0.2) is 49.3 Å². The van der Waals surface area contributed by atoms with Crippen molar-refractivity contribution in [3.63, 3.8) is 0 Å². The molecule has 18 heavy (non-hydrogen) atoms. The number of nitrogens with zero attached hydrogens (tertiary/aromatic N) is 1. The van der Waals surface area contributed by atoms with E-state index in [-0.39, 0.29) is 17.9 Å². The first-order valence-electron chi connectivity index (χ1n) is 6.88. The van der Waals surface area contributed by atoms with Crippen LogP contribution in [0.2, 0.25) is 0 Å². The fourth-order valence-corrected chi connectivity index (χ4v) is 2.75. The van der Waals surface area contributed by atoms with Gasteiger partial charge in [0.05, 0.1) is 12.7 Å². The van der Waals surface area contributed by atoms with Crippen molar-refractivity contribution in [2.45, 2.75) is 51.6 Å². The van der Waals surface area contributed by atoms with Gasteiger partial charge in [0.2, 0.25) is 5.91 Å². The topological polar surface area (TPSA) is 49.8 Å². The molecule has 4 nitrogen and oxygen atoms in total.